The Labute approximate surface area is 274 Å². The molecule has 1 aromatic carbocycles. The van der Waals surface area contributed by atoms with E-state index in [-0.39, 0.29) is 29.7 Å². The number of alkyl halides is 1. The predicted molar refractivity (Wildman–Crippen MR) is 173 cm³/mol. The minimum Gasteiger partial charge on any atom is -0.461 e. The summed E-state index contributed by atoms with van der Waals surface area (Å²) in [7, 11) is 0. The van der Waals surface area contributed by atoms with Crippen molar-refractivity contribution in [2.24, 2.45) is 0 Å². The van der Waals surface area contributed by atoms with Crippen LogP contribution >= 0.6 is 11.6 Å². The van der Waals surface area contributed by atoms with Crippen molar-refractivity contribution < 1.29 is 13.5 Å². The van der Waals surface area contributed by atoms with Gasteiger partial charge in [0.25, 0.3) is 0 Å². The van der Waals surface area contributed by atoms with E-state index in [0.29, 0.717) is 66.2 Å². The summed E-state index contributed by atoms with van der Waals surface area (Å²) in [5.74, 6) is 0.133. The minimum atomic E-state index is -0.886. The van der Waals surface area contributed by atoms with E-state index in [1.54, 1.807) is 17.2 Å². The Morgan fingerprint density at radius 1 is 1.04 bits per heavy atom. The zero-order valence-corrected chi connectivity index (χ0v) is 26.7. The molecule has 0 radical (unpaired) electrons. The van der Waals surface area contributed by atoms with E-state index >= 15 is 4.39 Å². The Kier molecular flexibility index (Phi) is 7.04. The van der Waals surface area contributed by atoms with E-state index < -0.39 is 17.5 Å². The van der Waals surface area contributed by atoms with Crippen LogP contribution in [0, 0.1) is 5.82 Å². The molecular weight excluding hydrogens is 626 g/mol. The van der Waals surface area contributed by atoms with Crippen molar-refractivity contribution in [3.05, 3.63) is 46.8 Å². The van der Waals surface area contributed by atoms with Crippen LogP contribution in [0.1, 0.15) is 62.1 Å². The number of benzene rings is 1. The SMILES string of the molecule is Fc1c2ncc3c(nc(OC[C@@]45CCCN4C[C@H](F)C5)nc13)N1CCCCC(C1)c1cnn(n1)CCCc1c(Cl)cc3[nH]ncc3c1-2. The van der Waals surface area contributed by atoms with Gasteiger partial charge in [0.1, 0.15) is 29.8 Å². The third-order valence-corrected chi connectivity index (χ3v) is 11.0. The highest BCUT2D eigenvalue weighted by Crippen LogP contribution is 2.42. The first-order valence-corrected chi connectivity index (χ1v) is 17.0. The first-order valence-electron chi connectivity index (χ1n) is 16.6. The maximum atomic E-state index is 17.1. The number of halogens is 3. The number of aromatic amines is 1. The average molecular weight is 661 g/mol. The van der Waals surface area contributed by atoms with E-state index in [0.717, 1.165) is 61.8 Å². The second kappa shape index (κ2) is 11.3. The van der Waals surface area contributed by atoms with Crippen molar-refractivity contribution in [2.45, 2.75) is 75.5 Å². The summed E-state index contributed by atoms with van der Waals surface area (Å²) in [5.41, 5.74) is 2.87. The second-order valence-corrected chi connectivity index (χ2v) is 13.9. The van der Waals surface area contributed by atoms with Gasteiger partial charge in [-0.2, -0.15) is 30.1 Å². The lowest BCUT2D eigenvalue weighted by molar-refractivity contribution is 0.107. The molecule has 8 bridgehead atoms. The van der Waals surface area contributed by atoms with Gasteiger partial charge in [-0.05, 0) is 56.7 Å². The standard InChI is InChI=1S/C33H35ClF2N10O/c34-24-11-25-22(14-38-42-25)27-21(24)6-3-10-46-39-15-26(43-46)19-5-1-2-8-44(16-19)31-23-13-37-30(27)28(36)29(23)40-32(41-31)47-18-33-7-4-9-45(33)17-20(35)12-33/h11,13-15,19-20H,1-10,12,16-18H2,(H,38,42)/t19?,20-,33+/m1/s1. The Balaban J connectivity index is 1.23. The van der Waals surface area contributed by atoms with Crippen LogP contribution in [-0.4, -0.2) is 89.5 Å². The molecule has 5 aliphatic rings. The first-order chi connectivity index (χ1) is 23.0. The highest BCUT2D eigenvalue weighted by atomic mass is 35.5. The van der Waals surface area contributed by atoms with Gasteiger partial charge in [0.15, 0.2) is 5.82 Å². The lowest BCUT2D eigenvalue weighted by Crippen LogP contribution is -2.43. The molecule has 14 heteroatoms. The number of anilines is 1. The van der Waals surface area contributed by atoms with Gasteiger partial charge in [-0.15, -0.1) is 0 Å². The molecule has 5 aromatic rings. The molecule has 9 heterocycles. The number of hydrogen-bond donors (Lipinski definition) is 1. The van der Waals surface area contributed by atoms with Crippen molar-refractivity contribution in [3.63, 3.8) is 0 Å². The molecule has 5 aliphatic heterocycles. The van der Waals surface area contributed by atoms with E-state index in [4.69, 9.17) is 36.4 Å². The van der Waals surface area contributed by atoms with Crippen molar-refractivity contribution in [1.82, 2.24) is 45.0 Å². The van der Waals surface area contributed by atoms with Gasteiger partial charge in [0.05, 0.1) is 41.1 Å². The number of rotatable bonds is 3. The fourth-order valence-corrected chi connectivity index (χ4v) is 8.64. The lowest BCUT2D eigenvalue weighted by Gasteiger charge is -2.31. The molecule has 0 aliphatic carbocycles. The molecule has 10 rings (SSSR count). The van der Waals surface area contributed by atoms with Crippen LogP contribution in [0.4, 0.5) is 14.6 Å². The summed E-state index contributed by atoms with van der Waals surface area (Å²) in [5, 5.41) is 18.4. The average Bonchev–Trinajstić information content (AvgIpc) is 3.82. The third kappa shape index (κ3) is 4.92. The molecular formula is C33H35ClF2N10O. The quantitative estimate of drug-likeness (QED) is 0.263. The number of fused-ring (bicyclic) bond motifs is 5. The molecule has 0 saturated carbocycles. The van der Waals surface area contributed by atoms with Crippen LogP contribution in [0.15, 0.2) is 24.7 Å². The fourth-order valence-electron chi connectivity index (χ4n) is 8.34. The molecule has 4 aromatic heterocycles. The molecule has 244 valence electrons. The Morgan fingerprint density at radius 2 is 1.98 bits per heavy atom. The van der Waals surface area contributed by atoms with Crippen molar-refractivity contribution in [2.75, 3.05) is 37.7 Å². The molecule has 11 nitrogen and oxygen atoms in total. The highest BCUT2D eigenvalue weighted by Gasteiger charge is 2.49. The summed E-state index contributed by atoms with van der Waals surface area (Å²) >= 11 is 6.87. The van der Waals surface area contributed by atoms with Crippen molar-refractivity contribution in [3.8, 4) is 17.3 Å². The van der Waals surface area contributed by atoms with Crippen molar-refractivity contribution >= 4 is 39.2 Å². The van der Waals surface area contributed by atoms with Crippen LogP contribution in [0.3, 0.4) is 0 Å². The smallest absolute Gasteiger partial charge is 0.319 e. The molecule has 1 N–H and O–H groups in total. The van der Waals surface area contributed by atoms with E-state index in [1.807, 2.05) is 12.3 Å². The van der Waals surface area contributed by atoms with Gasteiger partial charge in [0.2, 0.25) is 0 Å². The monoisotopic (exact) mass is 660 g/mol. The van der Waals surface area contributed by atoms with Gasteiger partial charge in [-0.1, -0.05) is 18.0 Å². The summed E-state index contributed by atoms with van der Waals surface area (Å²) in [6, 6.07) is 1.91. The fraction of sp³-hybridized carbons (Fsp3) is 0.515. The van der Waals surface area contributed by atoms with Crippen LogP contribution in [0.2, 0.25) is 5.02 Å². The summed E-state index contributed by atoms with van der Waals surface area (Å²) in [6.07, 6.45) is 10.8. The van der Waals surface area contributed by atoms with Crippen LogP contribution in [0.25, 0.3) is 33.1 Å². The van der Waals surface area contributed by atoms with Crippen molar-refractivity contribution in [1.29, 1.82) is 0 Å². The maximum Gasteiger partial charge on any atom is 0.319 e. The zero-order chi connectivity index (χ0) is 31.7. The maximum absolute atomic E-state index is 17.1. The minimum absolute atomic E-state index is 0.0831. The van der Waals surface area contributed by atoms with E-state index in [2.05, 4.69) is 25.1 Å². The summed E-state index contributed by atoms with van der Waals surface area (Å²) in [4.78, 5) is 20.5. The Bertz CT molecular complexity index is 2000. The molecule has 0 amide bonds. The molecule has 1 unspecified atom stereocenters. The topological polar surface area (TPSA) is 114 Å². The summed E-state index contributed by atoms with van der Waals surface area (Å²) < 4.78 is 38.0. The third-order valence-electron chi connectivity index (χ3n) is 10.6. The van der Waals surface area contributed by atoms with E-state index in [9.17, 15) is 4.39 Å². The normalized spacial score (nSPS) is 24.7. The molecule has 3 saturated heterocycles. The second-order valence-electron chi connectivity index (χ2n) is 13.5. The molecule has 0 spiro atoms. The number of pyridine rings is 1. The highest BCUT2D eigenvalue weighted by molar-refractivity contribution is 6.33. The number of nitrogens with one attached hydrogen (secondary N) is 1. The van der Waals surface area contributed by atoms with Crippen LogP contribution in [-0.2, 0) is 13.0 Å². The van der Waals surface area contributed by atoms with Gasteiger partial charge in [-0.25, -0.2) is 8.78 Å². The van der Waals surface area contributed by atoms with Gasteiger partial charge >= 0.3 is 6.01 Å². The summed E-state index contributed by atoms with van der Waals surface area (Å²) in [6.45, 7) is 3.48. The Morgan fingerprint density at radius 3 is 2.91 bits per heavy atom. The first kappa shape index (κ1) is 29.2. The Hall–Kier alpha value is -3.97. The van der Waals surface area contributed by atoms with Gasteiger partial charge < -0.3 is 9.64 Å². The zero-order valence-electron chi connectivity index (χ0n) is 25.9. The van der Waals surface area contributed by atoms with Crippen LogP contribution in [0.5, 0.6) is 6.01 Å². The van der Waals surface area contributed by atoms with Gasteiger partial charge in [0, 0.05) is 54.1 Å². The number of aryl methyl sites for hydroxylation is 1. The number of hydrogen-bond acceptors (Lipinski definition) is 9. The number of H-pyrrole nitrogens is 1. The molecule has 47 heavy (non-hydrogen) atoms. The van der Waals surface area contributed by atoms with Gasteiger partial charge in [-0.3, -0.25) is 15.0 Å². The molecule has 3 fully saturated rings. The number of ether oxygens (including phenoxy) is 1. The van der Waals surface area contributed by atoms with Crippen LogP contribution < -0.4 is 9.64 Å². The number of nitrogens with zero attached hydrogens (tertiary/aromatic N) is 9. The number of aromatic nitrogens is 8. The molecule has 3 atom stereocenters. The van der Waals surface area contributed by atoms with E-state index in [1.165, 1.54) is 0 Å². The predicted octanol–water partition coefficient (Wildman–Crippen LogP) is 5.63. The largest absolute Gasteiger partial charge is 0.461 e. The lowest BCUT2D eigenvalue weighted by atomic mass is 9.95.